The Bertz CT molecular complexity index is 407. The Balaban J connectivity index is -0.000000123. The minimum Gasteiger partial charge on any atom is -0.300 e. The molecule has 0 aromatic carbocycles. The van der Waals surface area contributed by atoms with Crippen molar-refractivity contribution in [1.82, 2.24) is 0 Å². The number of rotatable bonds is 6. The molecule has 24 heavy (non-hydrogen) atoms. The molecule has 0 aliphatic heterocycles. The number of alkyl halides is 2. The molecule has 0 aromatic heterocycles. The Morgan fingerprint density at radius 1 is 0.583 bits per heavy atom. The van der Waals surface area contributed by atoms with Gasteiger partial charge in [-0.2, -0.15) is 0 Å². The number of ketones is 6. The van der Waals surface area contributed by atoms with E-state index in [-0.39, 0.29) is 60.6 Å². The molecule has 0 saturated heterocycles. The van der Waals surface area contributed by atoms with Gasteiger partial charge in [-0.3, -0.25) is 28.8 Å². The Morgan fingerprint density at radius 3 is 0.750 bits per heavy atom. The second kappa shape index (κ2) is 17.1. The van der Waals surface area contributed by atoms with Gasteiger partial charge >= 0.3 is 0 Å². The molecule has 0 fully saturated rings. The molecule has 0 aliphatic carbocycles. The second-order valence-corrected chi connectivity index (χ2v) is 5.62. The van der Waals surface area contributed by atoms with Crippen LogP contribution in [0.3, 0.4) is 0 Å². The molecular formula is C15H22Cl2O6Rh. The summed E-state index contributed by atoms with van der Waals surface area (Å²) in [6.07, 6.45) is 0.0833. The summed E-state index contributed by atoms with van der Waals surface area (Å²) in [5.41, 5.74) is 0. The maximum atomic E-state index is 10.2. The van der Waals surface area contributed by atoms with Crippen LogP contribution in [-0.2, 0) is 48.2 Å². The number of halogens is 2. The van der Waals surface area contributed by atoms with E-state index in [4.69, 9.17) is 23.2 Å². The van der Waals surface area contributed by atoms with Crippen molar-refractivity contribution in [3.05, 3.63) is 0 Å². The Morgan fingerprint density at radius 2 is 0.750 bits per heavy atom. The summed E-state index contributed by atoms with van der Waals surface area (Å²) >= 11 is 10.5. The van der Waals surface area contributed by atoms with Crippen LogP contribution in [0.25, 0.3) is 0 Å². The van der Waals surface area contributed by atoms with E-state index in [9.17, 15) is 28.8 Å². The van der Waals surface area contributed by atoms with Gasteiger partial charge in [-0.05, 0) is 41.5 Å². The fraction of sp³-hybridized carbons (Fsp3) is 0.600. The zero-order valence-corrected chi connectivity index (χ0v) is 17.6. The summed E-state index contributed by atoms with van der Waals surface area (Å²) in [4.78, 5) is 61.0. The van der Waals surface area contributed by atoms with Crippen LogP contribution in [0, 0.1) is 0 Å². The Labute approximate surface area is 164 Å². The van der Waals surface area contributed by atoms with Gasteiger partial charge in [0, 0.05) is 19.5 Å². The van der Waals surface area contributed by atoms with Crippen molar-refractivity contribution in [2.75, 3.05) is 0 Å². The van der Waals surface area contributed by atoms with Crippen LogP contribution in [0.2, 0.25) is 0 Å². The molecule has 0 heterocycles. The number of carbonyl (C=O) groups is 6. The zero-order chi connectivity index (χ0) is 19.3. The molecular weight excluding hydrogens is 450 g/mol. The number of hydrogen-bond donors (Lipinski definition) is 0. The van der Waals surface area contributed by atoms with Gasteiger partial charge in [0.1, 0.15) is 22.3 Å². The minimum atomic E-state index is -0.935. The first-order chi connectivity index (χ1) is 10.2. The van der Waals surface area contributed by atoms with Gasteiger partial charge in [0.2, 0.25) is 0 Å². The van der Waals surface area contributed by atoms with Gasteiger partial charge in [-0.15, -0.1) is 23.2 Å². The van der Waals surface area contributed by atoms with Crippen molar-refractivity contribution in [2.45, 2.75) is 58.7 Å². The molecule has 0 saturated carbocycles. The van der Waals surface area contributed by atoms with Crippen molar-refractivity contribution in [3.63, 3.8) is 0 Å². The van der Waals surface area contributed by atoms with Crippen LogP contribution in [0.4, 0.5) is 0 Å². The molecule has 0 aromatic rings. The van der Waals surface area contributed by atoms with E-state index in [0.717, 1.165) is 0 Å². The fourth-order valence-electron chi connectivity index (χ4n) is 0.923. The molecule has 0 aliphatic rings. The van der Waals surface area contributed by atoms with Crippen LogP contribution in [0.1, 0.15) is 48.0 Å². The van der Waals surface area contributed by atoms with E-state index in [1.807, 2.05) is 0 Å². The molecule has 6 nitrogen and oxygen atoms in total. The maximum absolute atomic E-state index is 10.2. The second-order valence-electron chi connectivity index (χ2n) is 4.75. The number of hydrogen-bond acceptors (Lipinski definition) is 6. The van der Waals surface area contributed by atoms with Crippen molar-refractivity contribution in [2.24, 2.45) is 0 Å². The zero-order valence-electron chi connectivity index (χ0n) is 14.4. The van der Waals surface area contributed by atoms with E-state index in [1.54, 1.807) is 0 Å². The van der Waals surface area contributed by atoms with Crippen LogP contribution in [0.5, 0.6) is 0 Å². The predicted molar refractivity (Wildman–Crippen MR) is 88.0 cm³/mol. The van der Waals surface area contributed by atoms with Gasteiger partial charge in [0.15, 0.2) is 23.1 Å². The van der Waals surface area contributed by atoms with E-state index in [2.05, 4.69) is 0 Å². The third-order valence-corrected chi connectivity index (χ3v) is 3.15. The number of carbonyl (C=O) groups excluding carboxylic acids is 6. The molecule has 0 unspecified atom stereocenters. The van der Waals surface area contributed by atoms with E-state index in [0.29, 0.717) is 0 Å². The van der Waals surface area contributed by atoms with Gasteiger partial charge in [0.05, 0.1) is 6.42 Å². The molecule has 0 N–H and O–H groups in total. The fourth-order valence-corrected chi connectivity index (χ4v) is 0.923. The molecule has 0 atom stereocenters. The molecule has 0 amide bonds. The Kier molecular flexibility index (Phi) is 22.1. The summed E-state index contributed by atoms with van der Waals surface area (Å²) in [5.74, 6) is -1.29. The smallest absolute Gasteiger partial charge is 0.155 e. The van der Waals surface area contributed by atoms with E-state index >= 15 is 0 Å². The molecule has 0 rings (SSSR count). The summed E-state index contributed by atoms with van der Waals surface area (Å²) in [6, 6.07) is 0. The van der Waals surface area contributed by atoms with Crippen molar-refractivity contribution < 1.29 is 48.2 Å². The van der Waals surface area contributed by atoms with Gasteiger partial charge in [-0.25, -0.2) is 0 Å². The van der Waals surface area contributed by atoms with Gasteiger partial charge in [-0.1, -0.05) is 0 Å². The molecule has 9 heteroatoms. The molecule has 141 valence electrons. The Hall–Kier alpha value is -0.777. The minimum absolute atomic E-state index is 0. The van der Waals surface area contributed by atoms with Crippen LogP contribution in [0.15, 0.2) is 0 Å². The molecule has 0 bridgehead atoms. The van der Waals surface area contributed by atoms with Crippen molar-refractivity contribution >= 4 is 57.9 Å². The van der Waals surface area contributed by atoms with Gasteiger partial charge in [0.25, 0.3) is 0 Å². The first-order valence-electron chi connectivity index (χ1n) is 6.52. The maximum Gasteiger partial charge on any atom is 0.155 e. The summed E-state index contributed by atoms with van der Waals surface area (Å²) in [5, 5.41) is -1.87. The van der Waals surface area contributed by atoms with Crippen LogP contribution in [-0.4, -0.2) is 45.5 Å². The topological polar surface area (TPSA) is 102 Å². The first kappa shape index (κ1) is 31.0. The van der Waals surface area contributed by atoms with Crippen LogP contribution < -0.4 is 0 Å². The summed E-state index contributed by atoms with van der Waals surface area (Å²) in [6.45, 7) is 7.97. The van der Waals surface area contributed by atoms with E-state index < -0.39 is 10.8 Å². The molecule has 0 spiro atoms. The average molecular weight is 472 g/mol. The number of Topliss-reactive ketones (excluding diaryl/α,β-unsaturated/α-hetero) is 6. The quantitative estimate of drug-likeness (QED) is 0.334. The van der Waals surface area contributed by atoms with E-state index in [1.165, 1.54) is 41.5 Å². The summed E-state index contributed by atoms with van der Waals surface area (Å²) < 4.78 is 0. The van der Waals surface area contributed by atoms with Crippen molar-refractivity contribution in [3.8, 4) is 0 Å². The van der Waals surface area contributed by atoms with Crippen LogP contribution >= 0.6 is 23.2 Å². The van der Waals surface area contributed by atoms with Crippen molar-refractivity contribution in [1.29, 1.82) is 0 Å². The third kappa shape index (κ3) is 23.5. The standard InChI is InChI=1S/2C5H7ClO2.C5H8O2.Rh/c2*1-3(7)5(6)4(2)8;1-4(6)3-5(2)7;/h2*5H,1-2H3;3H2,1-2H3;. The normalized spacial score (nSPS) is 8.75. The first-order valence-corrected chi connectivity index (χ1v) is 7.40. The monoisotopic (exact) mass is 471 g/mol. The van der Waals surface area contributed by atoms with Gasteiger partial charge < -0.3 is 0 Å². The SMILES string of the molecule is CC(=O)C(Cl)C(C)=O.CC(=O)C(Cl)C(C)=O.CC(=O)CC(C)=O.[Rh]. The molecule has 1 radical (unpaired) electrons. The predicted octanol–water partition coefficient (Wildman–Crippen LogP) is 2.10. The third-order valence-electron chi connectivity index (χ3n) is 1.93. The largest absolute Gasteiger partial charge is 0.300 e. The summed E-state index contributed by atoms with van der Waals surface area (Å²) in [7, 11) is 0. The average Bonchev–Trinajstić information content (AvgIpc) is 2.36.